The van der Waals surface area contributed by atoms with Gasteiger partial charge in [0.25, 0.3) is 0 Å². The topological polar surface area (TPSA) is 118 Å². The van der Waals surface area contributed by atoms with Gasteiger partial charge in [0, 0.05) is 17.1 Å². The van der Waals surface area contributed by atoms with Crippen LogP contribution < -0.4 is 16.8 Å². The van der Waals surface area contributed by atoms with Crippen molar-refractivity contribution in [2.24, 2.45) is 0 Å². The number of para-hydroxylation sites is 1. The second kappa shape index (κ2) is 5.63. The van der Waals surface area contributed by atoms with Crippen LogP contribution in [0.15, 0.2) is 54.6 Å². The molecule has 0 atom stereocenters. The quantitative estimate of drug-likeness (QED) is 0.327. The zero-order valence-electron chi connectivity index (χ0n) is 13.6. The summed E-state index contributed by atoms with van der Waals surface area (Å²) in [6.45, 7) is 0. The van der Waals surface area contributed by atoms with Gasteiger partial charge in [-0.05, 0) is 36.4 Å². The summed E-state index contributed by atoms with van der Waals surface area (Å²) in [6, 6.07) is 15.1. The summed E-state index contributed by atoms with van der Waals surface area (Å²) in [5.41, 5.74) is 13.5. The van der Waals surface area contributed by atoms with Gasteiger partial charge in [-0.3, -0.25) is 9.59 Å². The van der Waals surface area contributed by atoms with E-state index in [4.69, 9.17) is 11.5 Å². The van der Waals surface area contributed by atoms with Gasteiger partial charge >= 0.3 is 0 Å². The van der Waals surface area contributed by atoms with E-state index in [0.717, 1.165) is 5.69 Å². The predicted octanol–water partition coefficient (Wildman–Crippen LogP) is 3.08. The van der Waals surface area contributed by atoms with Crippen molar-refractivity contribution in [3.8, 4) is 5.75 Å². The van der Waals surface area contributed by atoms with Gasteiger partial charge in [0.05, 0.1) is 27.9 Å². The summed E-state index contributed by atoms with van der Waals surface area (Å²) in [5.74, 6) is -1.26. The molecule has 0 unspecified atom stereocenters. The maximum absolute atomic E-state index is 13.1. The van der Waals surface area contributed by atoms with Crippen molar-refractivity contribution in [3.63, 3.8) is 0 Å². The van der Waals surface area contributed by atoms with Gasteiger partial charge in [-0.25, -0.2) is 0 Å². The average molecular weight is 345 g/mol. The highest BCUT2D eigenvalue weighted by atomic mass is 16.3. The molecule has 6 nitrogen and oxygen atoms in total. The van der Waals surface area contributed by atoms with Crippen molar-refractivity contribution in [3.05, 3.63) is 76.9 Å². The van der Waals surface area contributed by atoms with E-state index in [1.54, 1.807) is 12.1 Å². The summed E-state index contributed by atoms with van der Waals surface area (Å²) in [4.78, 5) is 26.1. The van der Waals surface area contributed by atoms with Crippen LogP contribution in [-0.4, -0.2) is 16.7 Å². The van der Waals surface area contributed by atoms with Gasteiger partial charge in [-0.15, -0.1) is 0 Å². The first-order chi connectivity index (χ1) is 12.5. The normalized spacial score (nSPS) is 12.5. The zero-order valence-corrected chi connectivity index (χ0v) is 13.6. The molecule has 1 aliphatic rings. The number of nitrogens with one attached hydrogen (secondary N) is 1. The maximum atomic E-state index is 13.1. The van der Waals surface area contributed by atoms with Crippen LogP contribution in [0, 0.1) is 0 Å². The maximum Gasteiger partial charge on any atom is 0.200 e. The van der Waals surface area contributed by atoms with Gasteiger partial charge in [0.15, 0.2) is 11.6 Å². The van der Waals surface area contributed by atoms with Crippen LogP contribution in [-0.2, 0) is 0 Å². The Kier molecular flexibility index (Phi) is 3.40. The van der Waals surface area contributed by atoms with Crippen LogP contribution in [0.4, 0.5) is 22.7 Å². The van der Waals surface area contributed by atoms with Gasteiger partial charge < -0.3 is 21.9 Å². The molecule has 6 heteroatoms. The third kappa shape index (κ3) is 2.20. The molecule has 0 saturated heterocycles. The van der Waals surface area contributed by atoms with E-state index < -0.39 is 11.6 Å². The molecule has 1 aliphatic carbocycles. The molecule has 0 aliphatic heterocycles. The second-order valence-corrected chi connectivity index (χ2v) is 6.03. The summed E-state index contributed by atoms with van der Waals surface area (Å²) < 4.78 is 0. The molecule has 0 fully saturated rings. The Bertz CT molecular complexity index is 1080. The zero-order chi connectivity index (χ0) is 18.4. The fourth-order valence-electron chi connectivity index (χ4n) is 3.21. The number of carbonyl (C=O) groups is 2. The van der Waals surface area contributed by atoms with Gasteiger partial charge in [-0.2, -0.15) is 0 Å². The molecule has 26 heavy (non-hydrogen) atoms. The lowest BCUT2D eigenvalue weighted by Gasteiger charge is -2.23. The molecule has 3 aromatic carbocycles. The fraction of sp³-hybridized carbons (Fsp3) is 0. The number of carbonyl (C=O) groups excluding carboxylic acids is 2. The first-order valence-electron chi connectivity index (χ1n) is 7.94. The van der Waals surface area contributed by atoms with E-state index in [1.165, 1.54) is 12.1 Å². The molecule has 0 radical (unpaired) electrons. The minimum atomic E-state index is -0.495. The van der Waals surface area contributed by atoms with Gasteiger partial charge in [-0.1, -0.05) is 18.2 Å². The Hall–Kier alpha value is -3.80. The Morgan fingerprint density at radius 1 is 0.692 bits per heavy atom. The summed E-state index contributed by atoms with van der Waals surface area (Å²) >= 11 is 0. The van der Waals surface area contributed by atoms with E-state index in [-0.39, 0.29) is 39.4 Å². The fourth-order valence-corrected chi connectivity index (χ4v) is 3.21. The van der Waals surface area contributed by atoms with Crippen LogP contribution in [0.2, 0.25) is 0 Å². The highest BCUT2D eigenvalue weighted by Crippen LogP contribution is 2.41. The second-order valence-electron chi connectivity index (χ2n) is 6.03. The van der Waals surface area contributed by atoms with E-state index in [1.807, 2.05) is 30.3 Å². The third-order valence-electron chi connectivity index (χ3n) is 4.41. The molecular formula is C20H15N3O3. The van der Waals surface area contributed by atoms with E-state index in [0.29, 0.717) is 5.69 Å². The minimum absolute atomic E-state index is 0.00828. The number of anilines is 4. The lowest BCUT2D eigenvalue weighted by atomic mass is 9.81. The lowest BCUT2D eigenvalue weighted by Crippen LogP contribution is -2.25. The van der Waals surface area contributed by atoms with Gasteiger partial charge in [0.2, 0.25) is 0 Å². The first-order valence-corrected chi connectivity index (χ1v) is 7.94. The van der Waals surface area contributed by atoms with Gasteiger partial charge in [0.1, 0.15) is 5.75 Å². The van der Waals surface area contributed by atoms with Crippen molar-refractivity contribution in [2.75, 3.05) is 16.8 Å². The number of aromatic hydroxyl groups is 1. The summed E-state index contributed by atoms with van der Waals surface area (Å²) in [5, 5.41) is 13.3. The molecule has 6 N–H and O–H groups in total. The molecule has 0 saturated carbocycles. The number of hydrogen-bond acceptors (Lipinski definition) is 6. The van der Waals surface area contributed by atoms with Crippen molar-refractivity contribution in [1.29, 1.82) is 0 Å². The van der Waals surface area contributed by atoms with Crippen LogP contribution in [0.3, 0.4) is 0 Å². The number of ketones is 2. The van der Waals surface area contributed by atoms with E-state index >= 15 is 0 Å². The number of nitrogens with two attached hydrogens (primary N) is 2. The molecule has 0 aromatic heterocycles. The molecule has 0 spiro atoms. The van der Waals surface area contributed by atoms with Crippen LogP contribution in [0.25, 0.3) is 0 Å². The first kappa shape index (κ1) is 15.7. The number of nitrogen functional groups attached to an aromatic ring is 2. The van der Waals surface area contributed by atoms with E-state index in [9.17, 15) is 14.7 Å². The summed E-state index contributed by atoms with van der Waals surface area (Å²) in [6.07, 6.45) is 0. The van der Waals surface area contributed by atoms with Crippen molar-refractivity contribution in [2.45, 2.75) is 0 Å². The average Bonchev–Trinajstić information content (AvgIpc) is 2.63. The molecule has 4 rings (SSSR count). The Labute approximate surface area is 149 Å². The highest BCUT2D eigenvalue weighted by Gasteiger charge is 2.36. The Morgan fingerprint density at radius 2 is 1.27 bits per heavy atom. The molecule has 3 aromatic rings. The number of benzene rings is 3. The van der Waals surface area contributed by atoms with E-state index in [2.05, 4.69) is 5.32 Å². The monoisotopic (exact) mass is 345 g/mol. The number of rotatable bonds is 2. The van der Waals surface area contributed by atoms with Crippen molar-refractivity contribution in [1.82, 2.24) is 0 Å². The highest BCUT2D eigenvalue weighted by molar-refractivity contribution is 6.34. The van der Waals surface area contributed by atoms with Crippen LogP contribution >= 0.6 is 0 Å². The SMILES string of the molecule is Nc1ccc(O)c2c1C(=O)c1c(N)ccc(Nc3ccccc3)c1C2=O. The Balaban J connectivity index is 1.96. The van der Waals surface area contributed by atoms with Crippen LogP contribution in [0.1, 0.15) is 31.8 Å². The smallest absolute Gasteiger partial charge is 0.200 e. The Morgan fingerprint density at radius 3 is 1.96 bits per heavy atom. The predicted molar refractivity (Wildman–Crippen MR) is 100.0 cm³/mol. The number of hydrogen-bond donors (Lipinski definition) is 4. The summed E-state index contributed by atoms with van der Waals surface area (Å²) in [7, 11) is 0. The molecule has 0 heterocycles. The molecular weight excluding hydrogens is 330 g/mol. The molecule has 0 amide bonds. The minimum Gasteiger partial charge on any atom is -0.507 e. The number of phenolic OH excluding ortho intramolecular Hbond substituents is 1. The number of fused-ring (bicyclic) bond motifs is 2. The largest absolute Gasteiger partial charge is 0.507 e. The molecule has 128 valence electrons. The lowest BCUT2D eigenvalue weighted by molar-refractivity contribution is 0.0978. The molecule has 0 bridgehead atoms. The standard InChI is InChI=1S/C20H15N3O3/c21-11-6-8-13(23-10-4-2-1-3-5-10)17-15(11)19(25)16-12(22)7-9-14(24)18(16)20(17)26/h1-9,23-24H,21-22H2. The number of phenols is 1. The van der Waals surface area contributed by atoms with Crippen molar-refractivity contribution >= 4 is 34.3 Å². The van der Waals surface area contributed by atoms with Crippen LogP contribution in [0.5, 0.6) is 5.75 Å². The van der Waals surface area contributed by atoms with Crippen molar-refractivity contribution < 1.29 is 14.7 Å². The third-order valence-corrected chi connectivity index (χ3v) is 4.41.